The molecule has 0 spiro atoms. The van der Waals surface area contributed by atoms with Gasteiger partial charge in [0.1, 0.15) is 11.8 Å². The van der Waals surface area contributed by atoms with Crippen molar-refractivity contribution in [2.75, 3.05) is 39.9 Å². The number of piperazine rings is 1. The van der Waals surface area contributed by atoms with E-state index in [1.165, 1.54) is 32.1 Å². The van der Waals surface area contributed by atoms with Gasteiger partial charge in [0.25, 0.3) is 5.56 Å². The topological polar surface area (TPSA) is 101 Å². The van der Waals surface area contributed by atoms with Gasteiger partial charge in [-0.1, -0.05) is 19.3 Å². The molecule has 0 amide bonds. The normalized spacial score (nSPS) is 23.0. The van der Waals surface area contributed by atoms with Crippen LogP contribution in [0.1, 0.15) is 62.4 Å². The monoisotopic (exact) mass is 507 g/mol. The Morgan fingerprint density at radius 2 is 1.92 bits per heavy atom. The van der Waals surface area contributed by atoms with Crippen LogP contribution in [0, 0.1) is 0 Å². The third-order valence-electron chi connectivity index (χ3n) is 8.38. The molecule has 2 aliphatic heterocycles. The summed E-state index contributed by atoms with van der Waals surface area (Å²) in [6.07, 6.45) is 8.79. The summed E-state index contributed by atoms with van der Waals surface area (Å²) < 4.78 is 13.2. The lowest BCUT2D eigenvalue weighted by Crippen LogP contribution is -2.52. The summed E-state index contributed by atoms with van der Waals surface area (Å²) in [4.78, 5) is 21.6. The summed E-state index contributed by atoms with van der Waals surface area (Å²) in [5, 5.41) is 13.8. The molecule has 2 aromatic heterocycles. The molecule has 1 N–H and O–H groups in total. The fraction of sp³-hybridized carbons (Fsp3) is 0.630. The van der Waals surface area contributed by atoms with E-state index in [1.54, 1.807) is 7.11 Å². The highest BCUT2D eigenvalue weighted by atomic mass is 16.5. The zero-order chi connectivity index (χ0) is 25.2. The zero-order valence-corrected chi connectivity index (χ0v) is 21.6. The summed E-state index contributed by atoms with van der Waals surface area (Å²) in [5.41, 5.74) is 1.34. The van der Waals surface area contributed by atoms with Gasteiger partial charge in [0.15, 0.2) is 5.82 Å². The number of H-pyrrole nitrogens is 1. The number of fused-ring (bicyclic) bond motifs is 1. The van der Waals surface area contributed by atoms with Crippen molar-refractivity contribution in [2.24, 2.45) is 0 Å². The molecule has 1 aromatic carbocycles. The third kappa shape index (κ3) is 5.15. The van der Waals surface area contributed by atoms with Crippen molar-refractivity contribution < 1.29 is 9.47 Å². The largest absolute Gasteiger partial charge is 0.497 e. The molecule has 2 unspecified atom stereocenters. The van der Waals surface area contributed by atoms with Gasteiger partial charge in [0.05, 0.1) is 19.8 Å². The lowest BCUT2D eigenvalue weighted by atomic mass is 9.93. The van der Waals surface area contributed by atoms with E-state index in [-0.39, 0.29) is 17.7 Å². The molecule has 37 heavy (non-hydrogen) atoms. The molecular weight excluding hydrogens is 470 g/mol. The van der Waals surface area contributed by atoms with Crippen molar-refractivity contribution in [1.82, 2.24) is 35.0 Å². The van der Waals surface area contributed by atoms with Gasteiger partial charge in [0, 0.05) is 55.3 Å². The lowest BCUT2D eigenvalue weighted by molar-refractivity contribution is 0.0593. The predicted molar refractivity (Wildman–Crippen MR) is 140 cm³/mol. The lowest BCUT2D eigenvalue weighted by Gasteiger charge is -2.43. The Balaban J connectivity index is 1.35. The molecule has 0 radical (unpaired) electrons. The molecule has 4 heterocycles. The number of aromatic amines is 1. The second-order valence-corrected chi connectivity index (χ2v) is 10.6. The second kappa shape index (κ2) is 10.9. The smallest absolute Gasteiger partial charge is 0.253 e. The standard InChI is InChI=1S/C27H37N7O3/c1-36-21-9-10-24-19(16-21)17-23(27(35)28-24)25(26-29-30-31-34(26)18-22-8-5-15-37-22)33-13-11-32(12-14-33)20-6-3-2-4-7-20/h9-10,16-17,20,22,25H,2-8,11-15,18H2,1H3,(H,28,35). The molecular formula is C27H37N7O3. The van der Waals surface area contributed by atoms with Crippen LogP contribution in [0.2, 0.25) is 0 Å². The Hall–Kier alpha value is -2.82. The van der Waals surface area contributed by atoms with Crippen LogP contribution in [-0.2, 0) is 11.3 Å². The summed E-state index contributed by atoms with van der Waals surface area (Å²) in [7, 11) is 1.65. The van der Waals surface area contributed by atoms with E-state index >= 15 is 0 Å². The van der Waals surface area contributed by atoms with Crippen molar-refractivity contribution in [3.05, 3.63) is 46.0 Å². The number of rotatable bonds is 7. The molecule has 1 aliphatic carbocycles. The van der Waals surface area contributed by atoms with E-state index in [0.29, 0.717) is 24.0 Å². The Labute approximate surface area is 216 Å². The predicted octanol–water partition coefficient (Wildman–Crippen LogP) is 2.74. The number of nitrogens with one attached hydrogen (secondary N) is 1. The Morgan fingerprint density at radius 3 is 2.68 bits per heavy atom. The average Bonchev–Trinajstić information content (AvgIpc) is 3.63. The number of benzene rings is 1. The number of aromatic nitrogens is 5. The van der Waals surface area contributed by atoms with Crippen molar-refractivity contribution in [2.45, 2.75) is 69.7 Å². The van der Waals surface area contributed by atoms with Crippen LogP contribution in [-0.4, -0.2) is 87.0 Å². The van der Waals surface area contributed by atoms with Gasteiger partial charge in [-0.2, -0.15) is 0 Å². The fourth-order valence-corrected chi connectivity index (χ4v) is 6.36. The van der Waals surface area contributed by atoms with Crippen molar-refractivity contribution in [1.29, 1.82) is 0 Å². The minimum atomic E-state index is -0.343. The summed E-state index contributed by atoms with van der Waals surface area (Å²) in [6.45, 7) is 5.09. The molecule has 10 heteroatoms. The molecule has 6 rings (SSSR count). The van der Waals surface area contributed by atoms with Crippen LogP contribution in [0.25, 0.3) is 10.9 Å². The summed E-state index contributed by atoms with van der Waals surface area (Å²) >= 11 is 0. The fourth-order valence-electron chi connectivity index (χ4n) is 6.36. The summed E-state index contributed by atoms with van der Waals surface area (Å²) in [6, 6.07) is 8.04. The SMILES string of the molecule is COc1ccc2[nH]c(=O)c(C(c3nnnn3CC3CCCO3)N3CCN(C4CCCCC4)CC3)cc2c1. The number of ether oxygens (including phenoxy) is 2. The van der Waals surface area contributed by atoms with Crippen molar-refractivity contribution in [3.8, 4) is 5.75 Å². The Bertz CT molecular complexity index is 1250. The quantitative estimate of drug-likeness (QED) is 0.521. The zero-order valence-electron chi connectivity index (χ0n) is 21.6. The highest BCUT2D eigenvalue weighted by molar-refractivity contribution is 5.80. The molecule has 10 nitrogen and oxygen atoms in total. The van der Waals surface area contributed by atoms with E-state index in [1.807, 2.05) is 28.9 Å². The maximum absolute atomic E-state index is 13.5. The first-order chi connectivity index (χ1) is 18.2. The maximum atomic E-state index is 13.5. The van der Waals surface area contributed by atoms with Gasteiger partial charge >= 0.3 is 0 Å². The molecule has 198 valence electrons. The molecule has 3 aliphatic rings. The van der Waals surface area contributed by atoms with Crippen molar-refractivity contribution in [3.63, 3.8) is 0 Å². The first-order valence-electron chi connectivity index (χ1n) is 13.8. The highest BCUT2D eigenvalue weighted by Crippen LogP contribution is 2.31. The van der Waals surface area contributed by atoms with E-state index in [0.717, 1.165) is 62.3 Å². The highest BCUT2D eigenvalue weighted by Gasteiger charge is 2.35. The number of pyridine rings is 1. The van der Waals surface area contributed by atoms with Crippen LogP contribution in [0.3, 0.4) is 0 Å². The minimum Gasteiger partial charge on any atom is -0.497 e. The average molecular weight is 508 g/mol. The number of hydrogen-bond acceptors (Lipinski definition) is 8. The molecule has 3 aromatic rings. The second-order valence-electron chi connectivity index (χ2n) is 10.6. The Morgan fingerprint density at radius 1 is 1.08 bits per heavy atom. The number of nitrogens with zero attached hydrogens (tertiary/aromatic N) is 6. The van der Waals surface area contributed by atoms with E-state index in [2.05, 4.69) is 30.3 Å². The number of methoxy groups -OCH3 is 1. The molecule has 1 saturated carbocycles. The number of tetrazole rings is 1. The van der Waals surface area contributed by atoms with Crippen LogP contribution in [0.4, 0.5) is 0 Å². The summed E-state index contributed by atoms with van der Waals surface area (Å²) in [5.74, 6) is 1.46. The first kappa shape index (κ1) is 24.5. The van der Waals surface area contributed by atoms with Crippen LogP contribution in [0.5, 0.6) is 5.75 Å². The molecule has 3 fully saturated rings. The first-order valence-corrected chi connectivity index (χ1v) is 13.8. The van der Waals surface area contributed by atoms with Gasteiger partial charge in [-0.05, 0) is 60.4 Å². The van der Waals surface area contributed by atoms with E-state index < -0.39 is 0 Å². The van der Waals surface area contributed by atoms with Crippen LogP contribution >= 0.6 is 0 Å². The van der Waals surface area contributed by atoms with Gasteiger partial charge in [0.2, 0.25) is 0 Å². The Kier molecular flexibility index (Phi) is 7.21. The maximum Gasteiger partial charge on any atom is 0.253 e. The van der Waals surface area contributed by atoms with Crippen LogP contribution < -0.4 is 10.3 Å². The minimum absolute atomic E-state index is 0.102. The van der Waals surface area contributed by atoms with E-state index in [9.17, 15) is 4.79 Å². The van der Waals surface area contributed by atoms with Gasteiger partial charge in [-0.3, -0.25) is 14.6 Å². The van der Waals surface area contributed by atoms with Crippen molar-refractivity contribution >= 4 is 10.9 Å². The third-order valence-corrected chi connectivity index (χ3v) is 8.38. The van der Waals surface area contributed by atoms with Gasteiger partial charge in [-0.15, -0.1) is 5.10 Å². The molecule has 2 saturated heterocycles. The van der Waals surface area contributed by atoms with Gasteiger partial charge in [-0.25, -0.2) is 4.68 Å². The molecule has 0 bridgehead atoms. The van der Waals surface area contributed by atoms with E-state index in [4.69, 9.17) is 9.47 Å². The number of hydrogen-bond donors (Lipinski definition) is 1. The van der Waals surface area contributed by atoms with Gasteiger partial charge < -0.3 is 14.5 Å². The molecule has 2 atom stereocenters. The van der Waals surface area contributed by atoms with Crippen LogP contribution in [0.15, 0.2) is 29.1 Å².